The number of carbonyl (C=O) groups is 3. The maximum atomic E-state index is 14.1. The Hall–Kier alpha value is -1.33. The molecule has 4 aliphatic carbocycles. The van der Waals surface area contributed by atoms with Gasteiger partial charge in [-0.1, -0.05) is 33.8 Å². The first-order chi connectivity index (χ1) is 13.7. The van der Waals surface area contributed by atoms with Gasteiger partial charge in [0.25, 0.3) is 0 Å². The van der Waals surface area contributed by atoms with Crippen molar-refractivity contribution in [2.45, 2.75) is 71.5 Å². The number of carbonyl (C=O) groups excluding carboxylic acids is 3. The Kier molecular flexibility index (Phi) is 4.13. The number of hydrogen-bond acceptors (Lipinski definition) is 5. The van der Waals surface area contributed by atoms with Crippen LogP contribution < -0.4 is 0 Å². The molecule has 0 aromatic heterocycles. The van der Waals surface area contributed by atoms with Gasteiger partial charge < -0.3 is 9.47 Å². The largest absolute Gasteiger partial charge is 0.376 e. The summed E-state index contributed by atoms with van der Waals surface area (Å²) in [5.74, 6) is -0.456. The van der Waals surface area contributed by atoms with E-state index in [1.165, 1.54) is 0 Å². The number of Topliss-reactive ketones (excluding diaryl/α,β-unsaturated/α-hetero) is 3. The van der Waals surface area contributed by atoms with Crippen LogP contribution >= 0.6 is 0 Å². The minimum absolute atomic E-state index is 0.0657. The van der Waals surface area contributed by atoms with Crippen LogP contribution in [0.5, 0.6) is 0 Å². The molecule has 158 valence electrons. The number of ether oxygens (including phenoxy) is 2. The van der Waals surface area contributed by atoms with Gasteiger partial charge in [0.15, 0.2) is 11.6 Å². The lowest BCUT2D eigenvalue weighted by atomic mass is 9.37. The van der Waals surface area contributed by atoms with Gasteiger partial charge in [-0.3, -0.25) is 14.4 Å². The van der Waals surface area contributed by atoms with Crippen molar-refractivity contribution in [3.63, 3.8) is 0 Å². The lowest BCUT2D eigenvalue weighted by molar-refractivity contribution is -0.272. The van der Waals surface area contributed by atoms with Gasteiger partial charge in [0.05, 0.1) is 23.5 Å². The molecular weight excluding hydrogens is 368 g/mol. The van der Waals surface area contributed by atoms with Crippen LogP contribution in [0.3, 0.4) is 0 Å². The molecule has 0 amide bonds. The Morgan fingerprint density at radius 1 is 1.21 bits per heavy atom. The number of rotatable bonds is 4. The first-order valence-corrected chi connectivity index (χ1v) is 11.3. The first-order valence-electron chi connectivity index (χ1n) is 11.3. The van der Waals surface area contributed by atoms with Crippen LogP contribution in [0.1, 0.15) is 59.3 Å². The Bertz CT molecular complexity index is 812. The molecule has 2 spiro atoms. The molecule has 6 rings (SSSR count). The standard InChI is InChI=1S/C24H32O5/c1-5-6-9-28-18-19-22(3,4)17-10-16(25)24(19,12-29-17)15-8-7-14-11-23(15,21(18)27)20(26)13(14)2/h14-15,17-19H,2,5-12H2,1,3-4H3/t14-,15-,17-,18+,19-,23+,24-/m1/s1. The average Bonchev–Trinajstić information content (AvgIpc) is 2.88. The fraction of sp³-hybridized carbons (Fsp3) is 0.792. The lowest BCUT2D eigenvalue weighted by Gasteiger charge is -2.68. The molecule has 29 heavy (non-hydrogen) atoms. The van der Waals surface area contributed by atoms with Crippen LogP contribution in [0.2, 0.25) is 0 Å². The van der Waals surface area contributed by atoms with Crippen LogP contribution in [-0.4, -0.2) is 42.8 Å². The highest BCUT2D eigenvalue weighted by Gasteiger charge is 2.79. The summed E-state index contributed by atoms with van der Waals surface area (Å²) in [6.45, 7) is 11.2. The summed E-state index contributed by atoms with van der Waals surface area (Å²) in [6, 6.07) is 0. The predicted molar refractivity (Wildman–Crippen MR) is 106 cm³/mol. The highest BCUT2D eigenvalue weighted by atomic mass is 16.5. The van der Waals surface area contributed by atoms with Crippen molar-refractivity contribution in [2.75, 3.05) is 13.2 Å². The minimum atomic E-state index is -1.13. The molecule has 6 fully saturated rings. The summed E-state index contributed by atoms with van der Waals surface area (Å²) in [5, 5.41) is 0. The van der Waals surface area contributed by atoms with Crippen molar-refractivity contribution in [3.8, 4) is 0 Å². The van der Waals surface area contributed by atoms with Crippen LogP contribution in [0.4, 0.5) is 0 Å². The second kappa shape index (κ2) is 6.10. The van der Waals surface area contributed by atoms with E-state index in [4.69, 9.17) is 9.47 Å². The summed E-state index contributed by atoms with van der Waals surface area (Å²) < 4.78 is 12.5. The number of ketones is 3. The molecule has 0 aromatic carbocycles. The highest BCUT2D eigenvalue weighted by molar-refractivity contribution is 6.19. The van der Waals surface area contributed by atoms with Crippen molar-refractivity contribution in [3.05, 3.63) is 12.2 Å². The monoisotopic (exact) mass is 400 g/mol. The predicted octanol–water partition coefficient (Wildman–Crippen LogP) is 3.30. The Balaban J connectivity index is 1.70. The average molecular weight is 401 g/mol. The Morgan fingerprint density at radius 2 is 1.97 bits per heavy atom. The zero-order valence-corrected chi connectivity index (χ0v) is 17.8. The van der Waals surface area contributed by atoms with E-state index in [0.717, 1.165) is 25.7 Å². The first kappa shape index (κ1) is 19.6. The Morgan fingerprint density at radius 3 is 2.66 bits per heavy atom. The van der Waals surface area contributed by atoms with Gasteiger partial charge in [0.2, 0.25) is 0 Å². The molecule has 0 N–H and O–H groups in total. The zero-order chi connectivity index (χ0) is 20.8. The van der Waals surface area contributed by atoms with Crippen LogP contribution in [0.15, 0.2) is 12.2 Å². The summed E-state index contributed by atoms with van der Waals surface area (Å²) >= 11 is 0. The lowest BCUT2D eigenvalue weighted by Crippen LogP contribution is -2.77. The Labute approximate surface area is 172 Å². The molecule has 2 aliphatic heterocycles. The third-order valence-electron chi connectivity index (χ3n) is 9.17. The summed E-state index contributed by atoms with van der Waals surface area (Å²) in [6.07, 6.45) is 3.36. The number of hydrogen-bond donors (Lipinski definition) is 0. The molecule has 0 radical (unpaired) electrons. The van der Waals surface area contributed by atoms with Crippen LogP contribution in [0.25, 0.3) is 0 Å². The minimum Gasteiger partial charge on any atom is -0.376 e. The van der Waals surface area contributed by atoms with Gasteiger partial charge >= 0.3 is 0 Å². The zero-order valence-electron chi connectivity index (χ0n) is 17.8. The van der Waals surface area contributed by atoms with Crippen LogP contribution in [0, 0.1) is 34.0 Å². The molecule has 4 saturated carbocycles. The van der Waals surface area contributed by atoms with E-state index in [2.05, 4.69) is 27.4 Å². The maximum absolute atomic E-state index is 14.1. The summed E-state index contributed by atoms with van der Waals surface area (Å²) in [5.41, 5.74) is -1.70. The van der Waals surface area contributed by atoms with E-state index in [0.29, 0.717) is 31.6 Å². The second-order valence-electron chi connectivity index (χ2n) is 10.6. The van der Waals surface area contributed by atoms with Gasteiger partial charge in [-0.15, -0.1) is 0 Å². The molecule has 0 unspecified atom stereocenters. The molecular formula is C24H32O5. The van der Waals surface area contributed by atoms with Crippen LogP contribution in [-0.2, 0) is 23.9 Å². The van der Waals surface area contributed by atoms with E-state index >= 15 is 0 Å². The molecule has 2 saturated heterocycles. The molecule has 5 nitrogen and oxygen atoms in total. The third-order valence-corrected chi connectivity index (χ3v) is 9.17. The van der Waals surface area contributed by atoms with Gasteiger partial charge in [-0.05, 0) is 48.5 Å². The summed E-state index contributed by atoms with van der Waals surface area (Å²) in [4.78, 5) is 41.2. The smallest absolute Gasteiger partial charge is 0.176 e. The molecule has 6 aliphatic rings. The molecule has 2 heterocycles. The van der Waals surface area contributed by atoms with Crippen molar-refractivity contribution in [1.82, 2.24) is 0 Å². The normalized spacial score (nSPS) is 47.3. The van der Waals surface area contributed by atoms with Gasteiger partial charge in [-0.2, -0.15) is 0 Å². The SMILES string of the molecule is C=C1C(=O)[C@]23C[C@H]1CC[C@H]2[C@]12CO[C@H](CC1=O)C(C)(C)[C@H]2[C@H](OCCCC)C3=O. The summed E-state index contributed by atoms with van der Waals surface area (Å²) in [7, 11) is 0. The number of unbranched alkanes of at least 4 members (excludes halogenated alkanes) is 1. The van der Waals surface area contributed by atoms with E-state index in [1.54, 1.807) is 0 Å². The fourth-order valence-electron chi connectivity index (χ4n) is 7.79. The van der Waals surface area contributed by atoms with Crippen molar-refractivity contribution in [2.24, 2.45) is 34.0 Å². The molecule has 4 bridgehead atoms. The number of fused-ring (bicyclic) bond motifs is 3. The van der Waals surface area contributed by atoms with Gasteiger partial charge in [-0.25, -0.2) is 0 Å². The highest BCUT2D eigenvalue weighted by Crippen LogP contribution is 2.71. The quantitative estimate of drug-likeness (QED) is 0.411. The fourth-order valence-corrected chi connectivity index (χ4v) is 7.79. The topological polar surface area (TPSA) is 69.7 Å². The second-order valence-corrected chi connectivity index (χ2v) is 10.6. The van der Waals surface area contributed by atoms with Gasteiger partial charge in [0, 0.05) is 18.9 Å². The molecule has 0 aromatic rings. The van der Waals surface area contributed by atoms with E-state index in [9.17, 15) is 14.4 Å². The molecule has 7 atom stereocenters. The molecule has 5 heteroatoms. The van der Waals surface area contributed by atoms with E-state index < -0.39 is 16.9 Å². The van der Waals surface area contributed by atoms with Crippen molar-refractivity contribution in [1.29, 1.82) is 0 Å². The third kappa shape index (κ3) is 2.11. The van der Waals surface area contributed by atoms with Crippen molar-refractivity contribution >= 4 is 17.3 Å². The number of allylic oxidation sites excluding steroid dienone is 1. The van der Waals surface area contributed by atoms with Crippen molar-refractivity contribution < 1.29 is 23.9 Å². The van der Waals surface area contributed by atoms with E-state index in [-0.39, 0.29) is 46.6 Å². The van der Waals surface area contributed by atoms with Gasteiger partial charge in [0.1, 0.15) is 11.9 Å². The van der Waals surface area contributed by atoms with E-state index in [1.807, 2.05) is 0 Å². The maximum Gasteiger partial charge on any atom is 0.176 e.